The lowest BCUT2D eigenvalue weighted by molar-refractivity contribution is 0.766. The van der Waals surface area contributed by atoms with Gasteiger partial charge in [0.05, 0.1) is 12.7 Å². The topological polar surface area (TPSA) is 54.2 Å². The van der Waals surface area contributed by atoms with Crippen LogP contribution in [0.25, 0.3) is 0 Å². The van der Waals surface area contributed by atoms with Crippen molar-refractivity contribution >= 4 is 5.96 Å². The summed E-state index contributed by atoms with van der Waals surface area (Å²) in [6, 6.07) is 8.51. The number of benzene rings is 1. The summed E-state index contributed by atoms with van der Waals surface area (Å²) in [5, 5.41) is 10.8. The van der Waals surface area contributed by atoms with Crippen LogP contribution in [0.2, 0.25) is 0 Å². The number of hydrogen-bond acceptors (Lipinski definition) is 2. The molecule has 0 spiro atoms. The van der Waals surface area contributed by atoms with E-state index in [1.165, 1.54) is 11.1 Å². The minimum atomic E-state index is 0.624. The zero-order valence-corrected chi connectivity index (χ0v) is 13.6. The van der Waals surface area contributed by atoms with E-state index in [4.69, 9.17) is 0 Å². The molecule has 0 unspecified atom stereocenters. The summed E-state index contributed by atoms with van der Waals surface area (Å²) < 4.78 is 1.79. The zero-order chi connectivity index (χ0) is 15.8. The predicted molar refractivity (Wildman–Crippen MR) is 90.7 cm³/mol. The van der Waals surface area contributed by atoms with Crippen LogP contribution in [0.5, 0.6) is 0 Å². The van der Waals surface area contributed by atoms with Crippen LogP contribution in [0.4, 0.5) is 0 Å². The average Bonchev–Trinajstić information content (AvgIpc) is 2.96. The van der Waals surface area contributed by atoms with Crippen molar-refractivity contribution in [3.8, 4) is 0 Å². The van der Waals surface area contributed by atoms with Crippen molar-refractivity contribution in [1.82, 2.24) is 20.4 Å². The summed E-state index contributed by atoms with van der Waals surface area (Å²) >= 11 is 0. The number of aryl methyl sites for hydroxylation is 2. The third-order valence-corrected chi connectivity index (χ3v) is 3.47. The second kappa shape index (κ2) is 8.22. The number of aliphatic imine (C=N–C) groups is 1. The Bertz CT molecular complexity index is 615. The highest BCUT2D eigenvalue weighted by Gasteiger charge is 2.02. The number of nitrogens with zero attached hydrogens (tertiary/aromatic N) is 3. The van der Waals surface area contributed by atoms with Crippen molar-refractivity contribution in [1.29, 1.82) is 0 Å². The first-order valence-electron chi connectivity index (χ1n) is 7.79. The maximum atomic E-state index is 4.61. The van der Waals surface area contributed by atoms with Crippen molar-refractivity contribution in [3.05, 3.63) is 53.3 Å². The summed E-state index contributed by atoms with van der Waals surface area (Å²) in [6.45, 7) is 6.50. The molecule has 0 aliphatic heterocycles. The Balaban J connectivity index is 1.99. The first-order valence-corrected chi connectivity index (χ1v) is 7.79. The molecule has 22 heavy (non-hydrogen) atoms. The maximum absolute atomic E-state index is 4.61. The number of guanidine groups is 1. The highest BCUT2D eigenvalue weighted by atomic mass is 15.2. The van der Waals surface area contributed by atoms with E-state index in [-0.39, 0.29) is 0 Å². The molecule has 0 radical (unpaired) electrons. The molecule has 0 aliphatic carbocycles. The van der Waals surface area contributed by atoms with Crippen molar-refractivity contribution < 1.29 is 0 Å². The SMILES string of the molecule is CCNC(=NCc1cnn(C)c1)NCc1ccccc1CC. The smallest absolute Gasteiger partial charge is 0.191 e. The molecule has 0 aliphatic rings. The van der Waals surface area contributed by atoms with Gasteiger partial charge in [0.1, 0.15) is 0 Å². The minimum absolute atomic E-state index is 0.624. The van der Waals surface area contributed by atoms with E-state index < -0.39 is 0 Å². The maximum Gasteiger partial charge on any atom is 0.191 e. The van der Waals surface area contributed by atoms with Crippen LogP contribution in [0, 0.1) is 0 Å². The van der Waals surface area contributed by atoms with Gasteiger partial charge < -0.3 is 10.6 Å². The molecule has 1 aromatic carbocycles. The Kier molecular flexibility index (Phi) is 6.01. The molecule has 0 bridgehead atoms. The third kappa shape index (κ3) is 4.62. The lowest BCUT2D eigenvalue weighted by atomic mass is 10.1. The number of aromatic nitrogens is 2. The van der Waals surface area contributed by atoms with Crippen LogP contribution in [0.15, 0.2) is 41.7 Å². The average molecular weight is 299 g/mol. The Hall–Kier alpha value is -2.30. The van der Waals surface area contributed by atoms with Crippen molar-refractivity contribution in [3.63, 3.8) is 0 Å². The van der Waals surface area contributed by atoms with Gasteiger partial charge in [-0.15, -0.1) is 0 Å². The lowest BCUT2D eigenvalue weighted by Gasteiger charge is -2.13. The van der Waals surface area contributed by atoms with E-state index in [0.717, 1.165) is 31.0 Å². The van der Waals surface area contributed by atoms with Gasteiger partial charge in [-0.05, 0) is 24.5 Å². The van der Waals surface area contributed by atoms with Crippen LogP contribution in [0.1, 0.15) is 30.5 Å². The first-order chi connectivity index (χ1) is 10.7. The highest BCUT2D eigenvalue weighted by Crippen LogP contribution is 2.08. The molecule has 1 heterocycles. The summed E-state index contributed by atoms with van der Waals surface area (Å²) in [4.78, 5) is 4.61. The second-order valence-corrected chi connectivity index (χ2v) is 5.19. The van der Waals surface area contributed by atoms with E-state index >= 15 is 0 Å². The summed E-state index contributed by atoms with van der Waals surface area (Å²) in [5.74, 6) is 0.831. The number of rotatable bonds is 6. The quantitative estimate of drug-likeness (QED) is 0.635. The summed E-state index contributed by atoms with van der Waals surface area (Å²) in [5.41, 5.74) is 3.80. The molecular formula is C17H25N5. The second-order valence-electron chi connectivity index (χ2n) is 5.19. The normalized spacial score (nSPS) is 11.5. The molecule has 2 rings (SSSR count). The summed E-state index contributed by atoms with van der Waals surface area (Å²) in [7, 11) is 1.92. The van der Waals surface area contributed by atoms with Crippen molar-refractivity contribution in [2.45, 2.75) is 33.4 Å². The molecule has 0 amide bonds. The van der Waals surface area contributed by atoms with Crippen LogP contribution in [-0.2, 0) is 26.6 Å². The molecule has 1 aromatic heterocycles. The first kappa shape index (κ1) is 16.1. The monoisotopic (exact) mass is 299 g/mol. The van der Waals surface area contributed by atoms with Gasteiger partial charge in [-0.2, -0.15) is 5.10 Å². The molecular weight excluding hydrogens is 274 g/mol. The molecule has 2 aromatic rings. The van der Waals surface area contributed by atoms with Crippen LogP contribution < -0.4 is 10.6 Å². The van der Waals surface area contributed by atoms with Crippen molar-refractivity contribution in [2.75, 3.05) is 6.54 Å². The van der Waals surface area contributed by atoms with E-state index in [2.05, 4.69) is 58.8 Å². The van der Waals surface area contributed by atoms with Gasteiger partial charge in [-0.3, -0.25) is 4.68 Å². The van der Waals surface area contributed by atoms with Gasteiger partial charge in [0, 0.05) is 31.9 Å². The fourth-order valence-electron chi connectivity index (χ4n) is 2.32. The third-order valence-electron chi connectivity index (χ3n) is 3.47. The van der Waals surface area contributed by atoms with Gasteiger partial charge in [-0.25, -0.2) is 4.99 Å². The van der Waals surface area contributed by atoms with E-state index in [0.29, 0.717) is 6.54 Å². The number of hydrogen-bond donors (Lipinski definition) is 2. The van der Waals surface area contributed by atoms with Crippen LogP contribution in [-0.4, -0.2) is 22.3 Å². The molecule has 0 saturated carbocycles. The van der Waals surface area contributed by atoms with Gasteiger partial charge in [0.25, 0.3) is 0 Å². The lowest BCUT2D eigenvalue weighted by Crippen LogP contribution is -2.37. The van der Waals surface area contributed by atoms with Gasteiger partial charge in [0.2, 0.25) is 0 Å². The van der Waals surface area contributed by atoms with Crippen LogP contribution in [0.3, 0.4) is 0 Å². The van der Waals surface area contributed by atoms with Gasteiger partial charge in [0.15, 0.2) is 5.96 Å². The fourth-order valence-corrected chi connectivity index (χ4v) is 2.32. The zero-order valence-electron chi connectivity index (χ0n) is 13.6. The Labute approximate surface area is 132 Å². The van der Waals surface area contributed by atoms with E-state index in [1.54, 1.807) is 4.68 Å². The highest BCUT2D eigenvalue weighted by molar-refractivity contribution is 5.79. The summed E-state index contributed by atoms with van der Waals surface area (Å²) in [6.07, 6.45) is 4.88. The Morgan fingerprint density at radius 1 is 1.18 bits per heavy atom. The molecule has 2 N–H and O–H groups in total. The molecule has 5 nitrogen and oxygen atoms in total. The van der Waals surface area contributed by atoms with Gasteiger partial charge >= 0.3 is 0 Å². The molecule has 118 valence electrons. The molecule has 5 heteroatoms. The van der Waals surface area contributed by atoms with Crippen molar-refractivity contribution in [2.24, 2.45) is 12.0 Å². The Morgan fingerprint density at radius 3 is 2.59 bits per heavy atom. The molecule has 0 fully saturated rings. The predicted octanol–water partition coefficient (Wildman–Crippen LogP) is 2.24. The van der Waals surface area contributed by atoms with Crippen LogP contribution >= 0.6 is 0 Å². The fraction of sp³-hybridized carbons (Fsp3) is 0.412. The number of nitrogens with one attached hydrogen (secondary N) is 2. The molecule has 0 atom stereocenters. The van der Waals surface area contributed by atoms with E-state index in [9.17, 15) is 0 Å². The Morgan fingerprint density at radius 2 is 1.95 bits per heavy atom. The standard InChI is InChI=1S/C17H25N5/c1-4-15-8-6-7-9-16(15)12-20-17(18-5-2)19-10-14-11-21-22(3)13-14/h6-9,11,13H,4-5,10,12H2,1-3H3,(H2,18,19,20). The minimum Gasteiger partial charge on any atom is -0.357 e. The largest absolute Gasteiger partial charge is 0.357 e. The molecule has 0 saturated heterocycles. The van der Waals surface area contributed by atoms with Gasteiger partial charge in [-0.1, -0.05) is 31.2 Å². The van der Waals surface area contributed by atoms with E-state index in [1.807, 2.05) is 19.4 Å².